The molecule has 6 rings (SSSR count). The first-order valence-corrected chi connectivity index (χ1v) is 14.8. The molecule has 0 bridgehead atoms. The van der Waals surface area contributed by atoms with Gasteiger partial charge in [-0.05, 0) is 42.5 Å². The lowest BCUT2D eigenvalue weighted by Gasteiger charge is -2.33. The van der Waals surface area contributed by atoms with Crippen molar-refractivity contribution >= 4 is 51.5 Å². The highest BCUT2D eigenvalue weighted by Gasteiger charge is 2.26. The number of piperazine rings is 1. The molecule has 12 heteroatoms. The molecule has 44 heavy (non-hydrogen) atoms. The Morgan fingerprint density at radius 3 is 2.68 bits per heavy atom. The Morgan fingerprint density at radius 2 is 1.91 bits per heavy atom. The normalized spacial score (nSPS) is 15.2. The first-order chi connectivity index (χ1) is 21.5. The monoisotopic (exact) mass is 613 g/mol. The first kappa shape index (κ1) is 29.3. The number of aromatic nitrogens is 3. The number of carbonyl (C=O) groups excluding carboxylic acids is 2. The number of pyridine rings is 1. The van der Waals surface area contributed by atoms with Crippen LogP contribution in [-0.4, -0.2) is 82.4 Å². The SMILES string of the molecule is CC(=O)N1CCN(C/C=C/C(=O)N2CCOc3c2ccc2ncnc(Nc4ccc(OCc5ccccn5)c(Cl)c4)c32)CC1. The Hall–Kier alpha value is -4.74. The molecule has 2 aromatic heterocycles. The summed E-state index contributed by atoms with van der Waals surface area (Å²) in [5.41, 5.74) is 2.84. The summed E-state index contributed by atoms with van der Waals surface area (Å²) < 4.78 is 12.0. The number of fused-ring (bicyclic) bond motifs is 3. The summed E-state index contributed by atoms with van der Waals surface area (Å²) in [5.74, 6) is 1.58. The molecule has 1 fully saturated rings. The van der Waals surface area contributed by atoms with Crippen molar-refractivity contribution in [3.8, 4) is 11.5 Å². The molecule has 2 aromatic carbocycles. The lowest BCUT2D eigenvalue weighted by atomic mass is 10.1. The zero-order chi connectivity index (χ0) is 30.5. The summed E-state index contributed by atoms with van der Waals surface area (Å²) in [5, 5.41) is 4.44. The number of rotatable bonds is 8. The van der Waals surface area contributed by atoms with Crippen LogP contribution in [0.15, 0.2) is 73.2 Å². The average molecular weight is 614 g/mol. The lowest BCUT2D eigenvalue weighted by molar-refractivity contribution is -0.130. The van der Waals surface area contributed by atoms with E-state index in [2.05, 4.69) is 25.2 Å². The minimum Gasteiger partial charge on any atom is -0.489 e. The molecule has 11 nitrogen and oxygen atoms in total. The zero-order valence-corrected chi connectivity index (χ0v) is 25.0. The molecule has 2 aliphatic heterocycles. The van der Waals surface area contributed by atoms with Crippen molar-refractivity contribution < 1.29 is 19.1 Å². The van der Waals surface area contributed by atoms with Gasteiger partial charge in [0, 0.05) is 57.6 Å². The summed E-state index contributed by atoms with van der Waals surface area (Å²) in [6.07, 6.45) is 6.69. The number of hydrogen-bond acceptors (Lipinski definition) is 9. The van der Waals surface area contributed by atoms with E-state index in [1.165, 1.54) is 6.33 Å². The van der Waals surface area contributed by atoms with Crippen LogP contribution in [0.3, 0.4) is 0 Å². The van der Waals surface area contributed by atoms with Gasteiger partial charge in [-0.25, -0.2) is 9.97 Å². The molecule has 0 unspecified atom stereocenters. The number of carbonyl (C=O) groups is 2. The van der Waals surface area contributed by atoms with Gasteiger partial charge in [0.2, 0.25) is 5.91 Å². The van der Waals surface area contributed by atoms with E-state index in [-0.39, 0.29) is 11.8 Å². The van der Waals surface area contributed by atoms with Gasteiger partial charge >= 0.3 is 0 Å². The van der Waals surface area contributed by atoms with Crippen molar-refractivity contribution in [3.05, 3.63) is 83.9 Å². The number of anilines is 3. The van der Waals surface area contributed by atoms with E-state index < -0.39 is 0 Å². The zero-order valence-electron chi connectivity index (χ0n) is 24.3. The van der Waals surface area contributed by atoms with E-state index in [1.807, 2.05) is 47.4 Å². The fourth-order valence-electron chi connectivity index (χ4n) is 5.26. The van der Waals surface area contributed by atoms with Crippen molar-refractivity contribution in [1.82, 2.24) is 24.8 Å². The second-order valence-electron chi connectivity index (χ2n) is 10.5. The third kappa shape index (κ3) is 6.58. The Bertz CT molecular complexity index is 1690. The van der Waals surface area contributed by atoms with Crippen LogP contribution >= 0.6 is 11.6 Å². The summed E-state index contributed by atoms with van der Waals surface area (Å²) in [6, 6.07) is 14.8. The maximum atomic E-state index is 13.3. The molecule has 4 heterocycles. The molecule has 0 spiro atoms. The number of halogens is 1. The van der Waals surface area contributed by atoms with Crippen LogP contribution in [0.5, 0.6) is 11.5 Å². The molecular formula is C32H32ClN7O4. The van der Waals surface area contributed by atoms with Crippen LogP contribution < -0.4 is 19.7 Å². The summed E-state index contributed by atoms with van der Waals surface area (Å²) in [4.78, 5) is 43.9. The molecule has 2 amide bonds. The minimum atomic E-state index is -0.129. The Morgan fingerprint density at radius 1 is 1.05 bits per heavy atom. The molecule has 1 N–H and O–H groups in total. The maximum absolute atomic E-state index is 13.3. The van der Waals surface area contributed by atoms with Gasteiger partial charge in [0.1, 0.15) is 31.1 Å². The highest BCUT2D eigenvalue weighted by atomic mass is 35.5. The fourth-order valence-corrected chi connectivity index (χ4v) is 5.49. The van der Waals surface area contributed by atoms with Gasteiger partial charge in [-0.15, -0.1) is 0 Å². The Labute approximate surface area is 260 Å². The van der Waals surface area contributed by atoms with Crippen LogP contribution in [0.25, 0.3) is 10.9 Å². The topological polar surface area (TPSA) is 113 Å². The van der Waals surface area contributed by atoms with Crippen LogP contribution in [0, 0.1) is 0 Å². The first-order valence-electron chi connectivity index (χ1n) is 14.4. The molecule has 0 saturated carbocycles. The molecule has 226 valence electrons. The molecular weight excluding hydrogens is 582 g/mol. The van der Waals surface area contributed by atoms with Gasteiger partial charge in [0.05, 0.1) is 33.9 Å². The quantitative estimate of drug-likeness (QED) is 0.288. The highest BCUT2D eigenvalue weighted by Crippen LogP contribution is 2.42. The third-order valence-electron chi connectivity index (χ3n) is 7.59. The standard InChI is InChI=1S/C32H32ClN7O4/c1-22(41)39-15-13-38(14-16-39)12-4-6-29(42)40-17-18-43-31-27(40)9-8-26-30(31)32(36-21-35-26)37-23-7-10-28(25(33)19-23)44-20-24-5-2-3-11-34-24/h2-11,19,21H,12-18,20H2,1H3,(H,35,36,37)/b6-4+. The van der Waals surface area contributed by atoms with E-state index >= 15 is 0 Å². The van der Waals surface area contributed by atoms with E-state index in [0.29, 0.717) is 84.0 Å². The summed E-state index contributed by atoms with van der Waals surface area (Å²) >= 11 is 6.55. The third-order valence-corrected chi connectivity index (χ3v) is 7.89. The Balaban J connectivity index is 1.17. The van der Waals surface area contributed by atoms with E-state index in [4.69, 9.17) is 21.1 Å². The second-order valence-corrected chi connectivity index (χ2v) is 10.9. The summed E-state index contributed by atoms with van der Waals surface area (Å²) in [7, 11) is 0. The van der Waals surface area contributed by atoms with Crippen LogP contribution in [0.4, 0.5) is 17.2 Å². The summed E-state index contributed by atoms with van der Waals surface area (Å²) in [6.45, 7) is 6.27. The van der Waals surface area contributed by atoms with Crippen LogP contribution in [0.2, 0.25) is 5.02 Å². The van der Waals surface area contributed by atoms with E-state index in [9.17, 15) is 9.59 Å². The van der Waals surface area contributed by atoms with Gasteiger partial charge in [-0.2, -0.15) is 0 Å². The number of hydrogen-bond donors (Lipinski definition) is 1. The molecule has 2 aliphatic rings. The van der Waals surface area contributed by atoms with Crippen molar-refractivity contribution in [2.24, 2.45) is 0 Å². The molecule has 0 aliphatic carbocycles. The van der Waals surface area contributed by atoms with Crippen molar-refractivity contribution in [2.45, 2.75) is 13.5 Å². The highest BCUT2D eigenvalue weighted by molar-refractivity contribution is 6.32. The number of ether oxygens (including phenoxy) is 2. The van der Waals surface area contributed by atoms with E-state index in [1.54, 1.807) is 36.2 Å². The maximum Gasteiger partial charge on any atom is 0.250 e. The van der Waals surface area contributed by atoms with Gasteiger partial charge in [-0.1, -0.05) is 23.7 Å². The molecule has 0 atom stereocenters. The predicted molar refractivity (Wildman–Crippen MR) is 169 cm³/mol. The fraction of sp³-hybridized carbons (Fsp3) is 0.281. The van der Waals surface area contributed by atoms with Gasteiger partial charge in [-0.3, -0.25) is 19.5 Å². The van der Waals surface area contributed by atoms with Gasteiger partial charge in [0.15, 0.2) is 5.75 Å². The van der Waals surface area contributed by atoms with E-state index in [0.717, 1.165) is 18.8 Å². The van der Waals surface area contributed by atoms with Crippen molar-refractivity contribution in [2.75, 3.05) is 56.1 Å². The molecule has 1 saturated heterocycles. The number of amides is 2. The molecule has 4 aromatic rings. The predicted octanol–water partition coefficient (Wildman–Crippen LogP) is 4.45. The van der Waals surface area contributed by atoms with Gasteiger partial charge in [0.25, 0.3) is 5.91 Å². The van der Waals surface area contributed by atoms with Crippen molar-refractivity contribution in [1.29, 1.82) is 0 Å². The van der Waals surface area contributed by atoms with Crippen LogP contribution in [0.1, 0.15) is 12.6 Å². The van der Waals surface area contributed by atoms with Crippen LogP contribution in [-0.2, 0) is 16.2 Å². The largest absolute Gasteiger partial charge is 0.489 e. The second kappa shape index (κ2) is 13.3. The Kier molecular flexibility index (Phi) is 8.85. The lowest BCUT2D eigenvalue weighted by Crippen LogP contribution is -2.47. The number of benzene rings is 2. The smallest absolute Gasteiger partial charge is 0.250 e. The average Bonchev–Trinajstić information content (AvgIpc) is 3.04. The number of nitrogens with one attached hydrogen (secondary N) is 1. The van der Waals surface area contributed by atoms with Gasteiger partial charge < -0.3 is 24.6 Å². The molecule has 0 radical (unpaired) electrons. The minimum absolute atomic E-state index is 0.0985. The number of nitrogens with zero attached hydrogens (tertiary/aromatic N) is 6. The van der Waals surface area contributed by atoms with Crippen molar-refractivity contribution in [3.63, 3.8) is 0 Å².